The summed E-state index contributed by atoms with van der Waals surface area (Å²) >= 11 is 0. The van der Waals surface area contributed by atoms with Gasteiger partial charge >= 0.3 is 7.60 Å². The molecule has 3 aromatic rings. The van der Waals surface area contributed by atoms with Gasteiger partial charge in [0.05, 0.1) is 18.2 Å². The first-order valence-electron chi connectivity index (χ1n) is 10.0. The normalized spacial score (nSPS) is 20.1. The Kier molecular flexibility index (Phi) is 5.72. The van der Waals surface area contributed by atoms with Crippen LogP contribution in [0.15, 0.2) is 42.9 Å². The molecule has 1 fully saturated rings. The van der Waals surface area contributed by atoms with Crippen LogP contribution < -0.4 is 4.74 Å². The van der Waals surface area contributed by atoms with Crippen molar-refractivity contribution in [3.05, 3.63) is 48.4 Å². The van der Waals surface area contributed by atoms with Gasteiger partial charge in [-0.3, -0.25) is 4.57 Å². The monoisotopic (exact) mass is 415 g/mol. The van der Waals surface area contributed by atoms with Gasteiger partial charge in [0, 0.05) is 11.9 Å². The topological polar surface area (TPSA) is 97.5 Å². The third kappa shape index (κ3) is 4.53. The van der Waals surface area contributed by atoms with E-state index in [2.05, 4.69) is 34.2 Å². The lowest BCUT2D eigenvalue weighted by Crippen LogP contribution is -2.16. The predicted molar refractivity (Wildman–Crippen MR) is 112 cm³/mol. The van der Waals surface area contributed by atoms with Gasteiger partial charge in [-0.15, -0.1) is 0 Å². The molecular weight excluding hydrogens is 389 g/mol. The van der Waals surface area contributed by atoms with Gasteiger partial charge in [-0.2, -0.15) is 0 Å². The average molecular weight is 415 g/mol. The summed E-state index contributed by atoms with van der Waals surface area (Å²) in [5.74, 6) is 1.18. The van der Waals surface area contributed by atoms with Gasteiger partial charge in [0.2, 0.25) is 5.88 Å². The van der Waals surface area contributed by atoms with Crippen molar-refractivity contribution in [2.75, 3.05) is 12.8 Å². The van der Waals surface area contributed by atoms with E-state index in [1.54, 1.807) is 0 Å². The number of fused-ring (bicyclic) bond motifs is 1. The van der Waals surface area contributed by atoms with Crippen LogP contribution in [0.3, 0.4) is 0 Å². The highest BCUT2D eigenvalue weighted by Crippen LogP contribution is 2.44. The molecule has 154 valence electrons. The van der Waals surface area contributed by atoms with E-state index in [1.807, 2.05) is 23.8 Å². The third-order valence-electron chi connectivity index (χ3n) is 5.71. The quantitative estimate of drug-likeness (QED) is 0.584. The van der Waals surface area contributed by atoms with Crippen LogP contribution in [-0.4, -0.2) is 37.1 Å². The van der Waals surface area contributed by atoms with E-state index < -0.39 is 7.60 Å². The Bertz CT molecular complexity index is 1020. The number of benzene rings is 1. The minimum absolute atomic E-state index is 0.0188. The van der Waals surface area contributed by atoms with Crippen LogP contribution in [0.4, 0.5) is 0 Å². The highest BCUT2D eigenvalue weighted by molar-refractivity contribution is 7.51. The van der Waals surface area contributed by atoms with E-state index in [1.165, 1.54) is 11.9 Å². The summed E-state index contributed by atoms with van der Waals surface area (Å²) in [5, 5.41) is 0.891. The third-order valence-corrected chi connectivity index (χ3v) is 6.70. The molecule has 8 heteroatoms. The van der Waals surface area contributed by atoms with Crippen LogP contribution in [0.5, 0.6) is 5.88 Å². The van der Waals surface area contributed by atoms with Gasteiger partial charge < -0.3 is 19.1 Å². The fraction of sp³-hybridized carbons (Fsp3) is 0.429. The lowest BCUT2D eigenvalue weighted by atomic mass is 9.79. The Labute approximate surface area is 169 Å². The van der Waals surface area contributed by atoms with Crippen LogP contribution in [0.1, 0.15) is 44.1 Å². The lowest BCUT2D eigenvalue weighted by molar-refractivity contribution is 0.316. The van der Waals surface area contributed by atoms with E-state index in [0.717, 1.165) is 42.4 Å². The number of ether oxygens (including phenoxy) is 1. The highest BCUT2D eigenvalue weighted by atomic mass is 31.2. The Morgan fingerprint density at radius 3 is 2.48 bits per heavy atom. The van der Waals surface area contributed by atoms with Gasteiger partial charge in [0.25, 0.3) is 0 Å². The smallest absolute Gasteiger partial charge is 0.325 e. The molecule has 0 bridgehead atoms. The Hall–Kier alpha value is -2.21. The zero-order valence-electron chi connectivity index (χ0n) is 16.4. The van der Waals surface area contributed by atoms with Crippen molar-refractivity contribution in [3.63, 3.8) is 0 Å². The van der Waals surface area contributed by atoms with Crippen LogP contribution in [0.25, 0.3) is 16.7 Å². The van der Waals surface area contributed by atoms with Crippen molar-refractivity contribution < 1.29 is 19.1 Å². The number of hydrogen-bond acceptors (Lipinski definition) is 4. The molecule has 1 aliphatic rings. The molecule has 2 heterocycles. The molecule has 0 saturated heterocycles. The van der Waals surface area contributed by atoms with E-state index >= 15 is 0 Å². The van der Waals surface area contributed by atoms with Crippen LogP contribution in [0.2, 0.25) is 0 Å². The average Bonchev–Trinajstić information content (AvgIpc) is 3.13. The summed E-state index contributed by atoms with van der Waals surface area (Å²) < 4.78 is 18.8. The molecule has 0 atom stereocenters. The molecular formula is C21H26N3O4P. The fourth-order valence-corrected chi connectivity index (χ4v) is 5.35. The number of nitrogens with zero attached hydrogens (tertiary/aromatic N) is 3. The first-order chi connectivity index (χ1) is 13.9. The van der Waals surface area contributed by atoms with Crippen molar-refractivity contribution in [1.82, 2.24) is 14.5 Å². The summed E-state index contributed by atoms with van der Waals surface area (Å²) in [4.78, 5) is 27.0. The van der Waals surface area contributed by atoms with Gasteiger partial charge in [-0.25, -0.2) is 9.97 Å². The number of hydrogen-bond donors (Lipinski definition) is 2. The van der Waals surface area contributed by atoms with E-state index in [-0.39, 0.29) is 12.1 Å². The molecule has 29 heavy (non-hydrogen) atoms. The fourth-order valence-electron chi connectivity index (χ4n) is 4.31. The second kappa shape index (κ2) is 8.27. The summed E-state index contributed by atoms with van der Waals surface area (Å²) in [6.07, 6.45) is 7.21. The molecule has 1 aromatic carbocycles. The molecule has 1 saturated carbocycles. The Morgan fingerprint density at radius 1 is 1.10 bits per heavy atom. The number of rotatable bonds is 6. The molecule has 0 spiro atoms. The van der Waals surface area contributed by atoms with Crippen LogP contribution in [0, 0.1) is 5.92 Å². The largest absolute Gasteiger partial charge is 0.477 e. The summed E-state index contributed by atoms with van der Waals surface area (Å²) in [7, 11) is -3.91. The van der Waals surface area contributed by atoms with Crippen molar-refractivity contribution in [2.24, 2.45) is 5.92 Å². The molecule has 0 aliphatic heterocycles. The zero-order valence-corrected chi connectivity index (χ0v) is 17.3. The first-order valence-corrected chi connectivity index (χ1v) is 11.8. The van der Waals surface area contributed by atoms with Gasteiger partial charge in [-0.1, -0.05) is 12.1 Å². The SMILES string of the molecule is CCOc1ncnc2c1ccn2-c1ccc(C2CCC(CP(=O)(O)O)CC2)cc1. The second-order valence-corrected chi connectivity index (χ2v) is 9.39. The molecule has 2 N–H and O–H groups in total. The van der Waals surface area contributed by atoms with E-state index in [9.17, 15) is 14.4 Å². The van der Waals surface area contributed by atoms with Gasteiger partial charge in [0.15, 0.2) is 5.65 Å². The standard InChI is InChI=1S/C21H26N3O4P/c1-2-28-21-19-11-12-24(20(19)22-14-23-21)18-9-7-17(8-10-18)16-5-3-15(4-6-16)13-29(25,26)27/h7-12,14-16H,2-6,13H2,1H3,(H2,25,26,27). The maximum absolute atomic E-state index is 11.2. The van der Waals surface area contributed by atoms with Crippen molar-refractivity contribution in [3.8, 4) is 11.6 Å². The number of aromatic nitrogens is 3. The van der Waals surface area contributed by atoms with Crippen LogP contribution >= 0.6 is 7.60 Å². The highest BCUT2D eigenvalue weighted by Gasteiger charge is 2.27. The van der Waals surface area contributed by atoms with Crippen molar-refractivity contribution >= 4 is 18.6 Å². The lowest BCUT2D eigenvalue weighted by Gasteiger charge is -2.29. The molecule has 7 nitrogen and oxygen atoms in total. The Morgan fingerprint density at radius 2 is 1.83 bits per heavy atom. The Balaban J connectivity index is 1.49. The van der Waals surface area contributed by atoms with Crippen molar-refractivity contribution in [2.45, 2.75) is 38.5 Å². The summed E-state index contributed by atoms with van der Waals surface area (Å²) in [5.41, 5.74) is 3.12. The van der Waals surface area contributed by atoms with E-state index in [0.29, 0.717) is 18.4 Å². The summed E-state index contributed by atoms with van der Waals surface area (Å²) in [6, 6.07) is 10.5. The van der Waals surface area contributed by atoms with Gasteiger partial charge in [-0.05, 0) is 68.2 Å². The van der Waals surface area contributed by atoms with Crippen molar-refractivity contribution in [1.29, 1.82) is 0 Å². The molecule has 4 rings (SSSR count). The second-order valence-electron chi connectivity index (χ2n) is 7.69. The molecule has 1 aliphatic carbocycles. The predicted octanol–water partition coefficient (Wildman–Crippen LogP) is 4.27. The van der Waals surface area contributed by atoms with Gasteiger partial charge in [0.1, 0.15) is 6.33 Å². The molecule has 0 unspecified atom stereocenters. The van der Waals surface area contributed by atoms with Crippen LogP contribution in [-0.2, 0) is 4.57 Å². The van der Waals surface area contributed by atoms with E-state index in [4.69, 9.17) is 4.74 Å². The first kappa shape index (κ1) is 20.1. The maximum Gasteiger partial charge on any atom is 0.325 e. The maximum atomic E-state index is 11.2. The minimum atomic E-state index is -3.91. The zero-order chi connectivity index (χ0) is 20.4. The summed E-state index contributed by atoms with van der Waals surface area (Å²) in [6.45, 7) is 2.49. The molecule has 0 amide bonds. The minimum Gasteiger partial charge on any atom is -0.477 e. The molecule has 2 aromatic heterocycles. The molecule has 0 radical (unpaired) electrons.